The zero-order chi connectivity index (χ0) is 22.5. The molecule has 1 fully saturated rings. The summed E-state index contributed by atoms with van der Waals surface area (Å²) in [5.74, 6) is 0.469. The van der Waals surface area contributed by atoms with Crippen molar-refractivity contribution in [1.29, 1.82) is 0 Å². The van der Waals surface area contributed by atoms with Gasteiger partial charge in [0.05, 0.1) is 35.3 Å². The summed E-state index contributed by atoms with van der Waals surface area (Å²) in [5, 5.41) is -0.419. The number of amides is 2. The van der Waals surface area contributed by atoms with Crippen LogP contribution >= 0.6 is 34.4 Å². The number of hydrogen-bond acceptors (Lipinski definition) is 8. The summed E-state index contributed by atoms with van der Waals surface area (Å²) in [7, 11) is 1.24. The van der Waals surface area contributed by atoms with E-state index in [1.54, 1.807) is 12.1 Å². The molecule has 1 aliphatic heterocycles. The van der Waals surface area contributed by atoms with Crippen molar-refractivity contribution in [3.05, 3.63) is 49.8 Å². The Morgan fingerprint density at radius 2 is 1.94 bits per heavy atom. The van der Waals surface area contributed by atoms with Crippen molar-refractivity contribution >= 4 is 57.5 Å². The largest absolute Gasteiger partial charge is 0.490 e. The third-order valence-corrected chi connectivity index (χ3v) is 5.86. The number of thioether (sulfide) groups is 1. The maximum absolute atomic E-state index is 12.8. The molecule has 0 atom stereocenters. The molecule has 0 radical (unpaired) electrons. The summed E-state index contributed by atoms with van der Waals surface area (Å²) in [5.41, 5.74) is 0.716. The highest BCUT2D eigenvalue weighted by Gasteiger charge is 2.36. The van der Waals surface area contributed by atoms with Crippen molar-refractivity contribution in [2.45, 2.75) is 20.4 Å². The van der Waals surface area contributed by atoms with Gasteiger partial charge in [0.25, 0.3) is 11.1 Å². The predicted molar refractivity (Wildman–Crippen MR) is 123 cm³/mol. The number of ether oxygens (including phenoxy) is 3. The van der Waals surface area contributed by atoms with Gasteiger partial charge in [-0.25, -0.2) is 4.79 Å². The maximum atomic E-state index is 12.8. The molecule has 2 heterocycles. The van der Waals surface area contributed by atoms with E-state index in [2.05, 4.69) is 27.3 Å². The van der Waals surface area contributed by atoms with Crippen LogP contribution in [0.3, 0.4) is 0 Å². The van der Waals surface area contributed by atoms with Gasteiger partial charge in [-0.1, -0.05) is 0 Å². The Balaban J connectivity index is 1.83. The fraction of sp³-hybridized carbons (Fsp3) is 0.286. The van der Waals surface area contributed by atoms with Crippen molar-refractivity contribution in [2.24, 2.45) is 0 Å². The highest BCUT2D eigenvalue weighted by Crippen LogP contribution is 2.38. The monoisotopic (exact) mass is 557 g/mol. The first-order valence-corrected chi connectivity index (χ1v) is 11.3. The third-order valence-electron chi connectivity index (χ3n) is 4.15. The van der Waals surface area contributed by atoms with Crippen LogP contribution in [-0.2, 0) is 16.1 Å². The van der Waals surface area contributed by atoms with Gasteiger partial charge in [0, 0.05) is 0 Å². The van der Waals surface area contributed by atoms with Gasteiger partial charge in [0.15, 0.2) is 11.5 Å². The van der Waals surface area contributed by atoms with Gasteiger partial charge in [0.1, 0.15) is 5.76 Å². The first-order valence-electron chi connectivity index (χ1n) is 9.39. The van der Waals surface area contributed by atoms with E-state index >= 15 is 0 Å². The minimum absolute atomic E-state index is 0.00688. The van der Waals surface area contributed by atoms with Crippen LogP contribution in [0.15, 0.2) is 33.6 Å². The Morgan fingerprint density at radius 3 is 2.61 bits per heavy atom. The first kappa shape index (κ1) is 23.2. The van der Waals surface area contributed by atoms with E-state index in [1.165, 1.54) is 19.2 Å². The van der Waals surface area contributed by atoms with E-state index in [9.17, 15) is 14.4 Å². The van der Waals surface area contributed by atoms with E-state index < -0.39 is 17.1 Å². The van der Waals surface area contributed by atoms with E-state index in [1.807, 2.05) is 19.9 Å². The molecule has 3 rings (SSSR count). The highest BCUT2D eigenvalue weighted by molar-refractivity contribution is 14.1. The maximum Gasteiger partial charge on any atom is 0.373 e. The fourth-order valence-corrected chi connectivity index (χ4v) is 4.45. The molecule has 0 N–H and O–H groups in total. The number of hydrogen-bond donors (Lipinski definition) is 0. The van der Waals surface area contributed by atoms with Crippen LogP contribution in [-0.4, -0.2) is 42.3 Å². The lowest BCUT2D eigenvalue weighted by molar-refractivity contribution is -0.123. The fourth-order valence-electron chi connectivity index (χ4n) is 2.84. The third kappa shape index (κ3) is 5.24. The molecule has 0 unspecified atom stereocenters. The molecule has 1 aromatic heterocycles. The van der Waals surface area contributed by atoms with Gasteiger partial charge in [-0.05, 0) is 84.1 Å². The second kappa shape index (κ2) is 10.2. The van der Waals surface area contributed by atoms with Gasteiger partial charge < -0.3 is 18.6 Å². The summed E-state index contributed by atoms with van der Waals surface area (Å²) in [6.07, 6.45) is 1.65. The SMILES string of the molecule is CCOc1cc(/C=C2/SC(=O)N(Cc3ccc(C(=O)OC)o3)C2=O)cc(I)c1OCC. The Labute approximate surface area is 197 Å². The number of furan rings is 1. The minimum Gasteiger partial charge on any atom is -0.490 e. The molecule has 1 aliphatic rings. The molecule has 0 aliphatic carbocycles. The average molecular weight is 557 g/mol. The molecule has 1 aromatic carbocycles. The van der Waals surface area contributed by atoms with E-state index in [0.29, 0.717) is 36.0 Å². The zero-order valence-corrected chi connectivity index (χ0v) is 20.1. The predicted octanol–water partition coefficient (Wildman–Crippen LogP) is 4.70. The normalized spacial score (nSPS) is 15.0. The number of imide groups is 1. The lowest BCUT2D eigenvalue weighted by Crippen LogP contribution is -2.27. The van der Waals surface area contributed by atoms with Gasteiger partial charge in [-0.2, -0.15) is 0 Å². The number of methoxy groups -OCH3 is 1. The highest BCUT2D eigenvalue weighted by atomic mass is 127. The summed E-state index contributed by atoms with van der Waals surface area (Å²) in [6.45, 7) is 4.65. The molecular formula is C21H20INO7S. The Morgan fingerprint density at radius 1 is 1.19 bits per heavy atom. The molecule has 164 valence electrons. The van der Waals surface area contributed by atoms with Crippen LogP contribution in [0.5, 0.6) is 11.5 Å². The first-order chi connectivity index (χ1) is 14.9. The molecule has 0 spiro atoms. The Kier molecular flexibility index (Phi) is 7.65. The molecule has 1 saturated heterocycles. The minimum atomic E-state index is -0.629. The van der Waals surface area contributed by atoms with Crippen LogP contribution in [0.4, 0.5) is 4.79 Å². The second-order valence-electron chi connectivity index (χ2n) is 6.22. The lowest BCUT2D eigenvalue weighted by Gasteiger charge is -2.13. The van der Waals surface area contributed by atoms with Gasteiger partial charge >= 0.3 is 5.97 Å². The van der Waals surface area contributed by atoms with Crippen LogP contribution in [0.2, 0.25) is 0 Å². The van der Waals surface area contributed by atoms with Gasteiger partial charge in [0.2, 0.25) is 5.76 Å². The molecule has 0 bridgehead atoms. The van der Waals surface area contributed by atoms with Crippen LogP contribution in [0.25, 0.3) is 6.08 Å². The number of carbonyl (C=O) groups is 3. The number of esters is 1. The number of nitrogens with zero attached hydrogens (tertiary/aromatic N) is 1. The molecule has 2 aromatic rings. The van der Waals surface area contributed by atoms with Crippen molar-refractivity contribution in [3.8, 4) is 11.5 Å². The number of rotatable bonds is 8. The number of carbonyl (C=O) groups excluding carboxylic acids is 3. The number of halogens is 1. The summed E-state index contributed by atoms with van der Waals surface area (Å²) >= 11 is 2.99. The summed E-state index contributed by atoms with van der Waals surface area (Å²) in [4.78, 5) is 38.1. The van der Waals surface area contributed by atoms with Gasteiger partial charge in [-0.3, -0.25) is 14.5 Å². The summed E-state index contributed by atoms with van der Waals surface area (Å²) in [6, 6.07) is 6.60. The molecule has 31 heavy (non-hydrogen) atoms. The standard InChI is InChI=1S/C21H20INO7S/c1-4-28-16-9-12(8-14(22)18(16)29-5-2)10-17-19(24)23(21(26)31-17)11-13-6-7-15(30-13)20(25)27-3/h6-10H,4-5,11H2,1-3H3/b17-10+. The number of benzene rings is 1. The second-order valence-corrected chi connectivity index (χ2v) is 8.38. The van der Waals surface area contributed by atoms with Crippen molar-refractivity contribution in [3.63, 3.8) is 0 Å². The lowest BCUT2D eigenvalue weighted by atomic mass is 10.2. The van der Waals surface area contributed by atoms with E-state index in [4.69, 9.17) is 13.9 Å². The van der Waals surface area contributed by atoms with Crippen molar-refractivity contribution in [2.75, 3.05) is 20.3 Å². The Bertz CT molecular complexity index is 1050. The van der Waals surface area contributed by atoms with Crippen LogP contribution in [0, 0.1) is 3.57 Å². The molecular weight excluding hydrogens is 537 g/mol. The van der Waals surface area contributed by atoms with Crippen LogP contribution < -0.4 is 9.47 Å². The van der Waals surface area contributed by atoms with Crippen LogP contribution in [0.1, 0.15) is 35.7 Å². The zero-order valence-electron chi connectivity index (χ0n) is 17.1. The smallest absolute Gasteiger partial charge is 0.373 e. The molecule has 0 saturated carbocycles. The van der Waals surface area contributed by atoms with Crippen molar-refractivity contribution < 1.29 is 33.0 Å². The Hall–Kier alpha value is -2.47. The quantitative estimate of drug-likeness (QED) is 0.262. The van der Waals surface area contributed by atoms with Crippen molar-refractivity contribution in [1.82, 2.24) is 4.90 Å². The van der Waals surface area contributed by atoms with E-state index in [-0.39, 0.29) is 17.2 Å². The molecule has 2 amide bonds. The van der Waals surface area contributed by atoms with Gasteiger partial charge in [-0.15, -0.1) is 0 Å². The topological polar surface area (TPSA) is 95.3 Å². The molecule has 10 heteroatoms. The average Bonchev–Trinajstić information content (AvgIpc) is 3.31. The van der Waals surface area contributed by atoms with E-state index in [0.717, 1.165) is 20.2 Å². The summed E-state index contributed by atoms with van der Waals surface area (Å²) < 4.78 is 22.1. The molecule has 8 nitrogen and oxygen atoms in total.